The van der Waals surface area contributed by atoms with E-state index in [0.29, 0.717) is 13.2 Å². The Labute approximate surface area is 101 Å². The summed E-state index contributed by atoms with van der Waals surface area (Å²) >= 11 is 0. The summed E-state index contributed by atoms with van der Waals surface area (Å²) in [7, 11) is 0. The van der Waals surface area contributed by atoms with Crippen molar-refractivity contribution in [2.45, 2.75) is 25.5 Å². The van der Waals surface area contributed by atoms with Gasteiger partial charge in [0, 0.05) is 12.6 Å². The summed E-state index contributed by atoms with van der Waals surface area (Å²) in [6, 6.07) is -0.214. The smallest absolute Gasteiger partial charge is 0.310 e. The molecule has 0 radical (unpaired) electrons. The summed E-state index contributed by atoms with van der Waals surface area (Å²) < 4.78 is 5.21. The second-order valence-electron chi connectivity index (χ2n) is 4.38. The molecule has 1 saturated heterocycles. The van der Waals surface area contributed by atoms with E-state index >= 15 is 0 Å². The van der Waals surface area contributed by atoms with Crippen molar-refractivity contribution in [3.8, 4) is 0 Å². The number of aliphatic hydroxyl groups excluding tert-OH is 2. The number of carboxylic acid groups (broad SMARTS) is 1. The van der Waals surface area contributed by atoms with Crippen molar-refractivity contribution in [1.29, 1.82) is 0 Å². The highest BCUT2D eigenvalue weighted by atomic mass is 16.5. The first kappa shape index (κ1) is 14.4. The molecule has 1 rings (SSSR count). The minimum atomic E-state index is -0.868. The molecule has 0 saturated carbocycles. The van der Waals surface area contributed by atoms with Gasteiger partial charge in [0.25, 0.3) is 0 Å². The molecule has 1 fully saturated rings. The molecule has 6 nitrogen and oxygen atoms in total. The van der Waals surface area contributed by atoms with Crippen LogP contribution < -0.4 is 0 Å². The van der Waals surface area contributed by atoms with E-state index in [1.807, 2.05) is 11.8 Å². The third-order valence-electron chi connectivity index (χ3n) is 3.00. The molecular formula is C11H21NO5. The molecule has 6 heteroatoms. The molecule has 0 aliphatic carbocycles. The Balaban J connectivity index is 2.64. The van der Waals surface area contributed by atoms with Crippen molar-refractivity contribution in [2.75, 3.05) is 32.9 Å². The zero-order valence-corrected chi connectivity index (χ0v) is 10.1. The van der Waals surface area contributed by atoms with E-state index < -0.39 is 18.0 Å². The number of carbonyl (C=O) groups is 1. The van der Waals surface area contributed by atoms with E-state index in [-0.39, 0.29) is 25.8 Å². The lowest BCUT2D eigenvalue weighted by Gasteiger charge is -2.31. The lowest BCUT2D eigenvalue weighted by Crippen LogP contribution is -2.47. The fourth-order valence-corrected chi connectivity index (χ4v) is 2.15. The van der Waals surface area contributed by atoms with Crippen molar-refractivity contribution in [3.63, 3.8) is 0 Å². The van der Waals surface area contributed by atoms with E-state index in [1.165, 1.54) is 0 Å². The summed E-state index contributed by atoms with van der Waals surface area (Å²) in [6.45, 7) is 3.23. The van der Waals surface area contributed by atoms with Crippen LogP contribution in [-0.4, -0.2) is 71.2 Å². The Bertz CT molecular complexity index is 248. The summed E-state index contributed by atoms with van der Waals surface area (Å²) in [5.74, 6) is -1.42. The number of hydrogen-bond acceptors (Lipinski definition) is 5. The van der Waals surface area contributed by atoms with Crippen LogP contribution in [0.3, 0.4) is 0 Å². The van der Waals surface area contributed by atoms with Gasteiger partial charge in [0.05, 0.1) is 31.8 Å². The lowest BCUT2D eigenvalue weighted by molar-refractivity contribution is -0.143. The van der Waals surface area contributed by atoms with E-state index in [1.54, 1.807) is 0 Å². The zero-order chi connectivity index (χ0) is 12.8. The van der Waals surface area contributed by atoms with E-state index in [9.17, 15) is 9.90 Å². The van der Waals surface area contributed by atoms with Gasteiger partial charge in [-0.25, -0.2) is 0 Å². The maximum absolute atomic E-state index is 11.1. The predicted molar refractivity (Wildman–Crippen MR) is 60.7 cm³/mol. The van der Waals surface area contributed by atoms with Crippen LogP contribution in [-0.2, 0) is 9.53 Å². The van der Waals surface area contributed by atoms with E-state index in [4.69, 9.17) is 14.9 Å². The van der Waals surface area contributed by atoms with Crippen LogP contribution in [0.5, 0.6) is 0 Å². The molecule has 1 aliphatic rings. The van der Waals surface area contributed by atoms with Crippen LogP contribution in [0, 0.1) is 5.92 Å². The Morgan fingerprint density at radius 1 is 1.53 bits per heavy atom. The van der Waals surface area contributed by atoms with Gasteiger partial charge < -0.3 is 20.1 Å². The van der Waals surface area contributed by atoms with E-state index in [2.05, 4.69) is 0 Å². The standard InChI is InChI=1S/C11H21NO5/c1-2-3-12(4-8(14)5-13)10-7-17-6-9(10)11(15)16/h8-10,13-14H,2-7H2,1H3,(H,15,16). The molecule has 100 valence electrons. The molecule has 0 spiro atoms. The van der Waals surface area contributed by atoms with Crippen LogP contribution in [0.25, 0.3) is 0 Å². The second-order valence-corrected chi connectivity index (χ2v) is 4.38. The van der Waals surface area contributed by atoms with Crippen LogP contribution in [0.2, 0.25) is 0 Å². The van der Waals surface area contributed by atoms with Gasteiger partial charge in [0.2, 0.25) is 0 Å². The average molecular weight is 247 g/mol. The fraction of sp³-hybridized carbons (Fsp3) is 0.909. The van der Waals surface area contributed by atoms with Gasteiger partial charge in [-0.3, -0.25) is 9.69 Å². The van der Waals surface area contributed by atoms with Gasteiger partial charge in [-0.1, -0.05) is 6.92 Å². The number of aliphatic hydroxyl groups is 2. The maximum Gasteiger partial charge on any atom is 0.310 e. The summed E-state index contributed by atoms with van der Waals surface area (Å²) in [6.07, 6.45) is 0.0256. The SMILES string of the molecule is CCCN(CC(O)CO)C1COCC1C(=O)O. The quantitative estimate of drug-likeness (QED) is 0.543. The minimum Gasteiger partial charge on any atom is -0.481 e. The first-order valence-electron chi connectivity index (χ1n) is 5.93. The second kappa shape index (κ2) is 6.90. The van der Waals surface area contributed by atoms with Gasteiger partial charge in [0.15, 0.2) is 0 Å². The van der Waals surface area contributed by atoms with Crippen LogP contribution in [0.15, 0.2) is 0 Å². The molecule has 0 bridgehead atoms. The largest absolute Gasteiger partial charge is 0.481 e. The van der Waals surface area contributed by atoms with Crippen molar-refractivity contribution >= 4 is 5.97 Å². The predicted octanol–water partition coefficient (Wildman–Crippen LogP) is -0.849. The fourth-order valence-electron chi connectivity index (χ4n) is 2.15. The maximum atomic E-state index is 11.1. The molecule has 3 atom stereocenters. The highest BCUT2D eigenvalue weighted by molar-refractivity contribution is 5.71. The number of aliphatic carboxylic acids is 1. The molecule has 3 unspecified atom stereocenters. The highest BCUT2D eigenvalue weighted by Crippen LogP contribution is 2.20. The molecule has 1 heterocycles. The Morgan fingerprint density at radius 2 is 2.24 bits per heavy atom. The highest BCUT2D eigenvalue weighted by Gasteiger charge is 2.38. The topological polar surface area (TPSA) is 90.2 Å². The summed E-state index contributed by atoms with van der Waals surface area (Å²) in [5, 5.41) is 27.4. The molecule has 0 aromatic rings. The van der Waals surface area contributed by atoms with Crippen LogP contribution >= 0.6 is 0 Å². The van der Waals surface area contributed by atoms with Crippen LogP contribution in [0.1, 0.15) is 13.3 Å². The normalized spacial score (nSPS) is 26.4. The molecular weight excluding hydrogens is 226 g/mol. The van der Waals surface area contributed by atoms with Gasteiger partial charge in [-0.2, -0.15) is 0 Å². The molecule has 1 aliphatic heterocycles. The van der Waals surface area contributed by atoms with Gasteiger partial charge in [0.1, 0.15) is 0 Å². The Morgan fingerprint density at radius 3 is 2.76 bits per heavy atom. The first-order valence-corrected chi connectivity index (χ1v) is 5.93. The monoisotopic (exact) mass is 247 g/mol. The molecule has 17 heavy (non-hydrogen) atoms. The summed E-state index contributed by atoms with van der Waals surface area (Å²) in [5.41, 5.74) is 0. The number of nitrogens with zero attached hydrogens (tertiary/aromatic N) is 1. The molecule has 0 amide bonds. The Kier molecular flexibility index (Phi) is 5.84. The summed E-state index contributed by atoms with van der Waals surface area (Å²) in [4.78, 5) is 13.0. The molecule has 0 aromatic carbocycles. The van der Waals surface area contributed by atoms with Gasteiger partial charge >= 0.3 is 5.97 Å². The van der Waals surface area contributed by atoms with Gasteiger partial charge in [-0.15, -0.1) is 0 Å². The average Bonchev–Trinajstić information content (AvgIpc) is 2.77. The third kappa shape index (κ3) is 3.92. The molecule has 3 N–H and O–H groups in total. The van der Waals surface area contributed by atoms with Crippen LogP contribution in [0.4, 0.5) is 0 Å². The molecule has 0 aromatic heterocycles. The van der Waals surface area contributed by atoms with Crippen molar-refractivity contribution in [3.05, 3.63) is 0 Å². The van der Waals surface area contributed by atoms with Crippen molar-refractivity contribution in [1.82, 2.24) is 4.90 Å². The minimum absolute atomic E-state index is 0.214. The number of ether oxygens (including phenoxy) is 1. The number of hydrogen-bond donors (Lipinski definition) is 3. The first-order chi connectivity index (χ1) is 8.10. The van der Waals surface area contributed by atoms with Gasteiger partial charge in [-0.05, 0) is 13.0 Å². The van der Waals surface area contributed by atoms with Crippen molar-refractivity contribution < 1.29 is 24.9 Å². The lowest BCUT2D eigenvalue weighted by atomic mass is 10.0. The number of rotatable bonds is 7. The third-order valence-corrected chi connectivity index (χ3v) is 3.00. The van der Waals surface area contributed by atoms with E-state index in [0.717, 1.165) is 6.42 Å². The number of carboxylic acids is 1. The Hall–Kier alpha value is -0.690. The zero-order valence-electron chi connectivity index (χ0n) is 10.1. The van der Waals surface area contributed by atoms with Crippen molar-refractivity contribution in [2.24, 2.45) is 5.92 Å².